The van der Waals surface area contributed by atoms with Crippen LogP contribution in [0.1, 0.15) is 0 Å². The fraction of sp³-hybridized carbons (Fsp3) is 0. The van der Waals surface area contributed by atoms with Gasteiger partial charge in [0.1, 0.15) is 0 Å². The molecule has 10 rings (SSSR count). The third-order valence-electron chi connectivity index (χ3n) is 9.43. The van der Waals surface area contributed by atoms with Crippen LogP contribution in [0.5, 0.6) is 0 Å². The molecule has 3 heterocycles. The molecule has 0 aliphatic carbocycles. The molecule has 0 spiro atoms. The Bertz CT molecular complexity index is 2780. The van der Waals surface area contributed by atoms with Crippen LogP contribution < -0.4 is 0 Å². The smallest absolute Gasteiger partial charge is 0.220 e. The number of fused-ring (bicyclic) bond motifs is 8. The number of nitrogens with zero attached hydrogens (tertiary/aromatic N) is 4. The van der Waals surface area contributed by atoms with Crippen LogP contribution in [0.25, 0.3) is 83.3 Å². The van der Waals surface area contributed by atoms with Gasteiger partial charge in [0.25, 0.3) is 0 Å². The number of hydrogen-bond acceptors (Lipinski definition) is 1. The molecule has 220 valence electrons. The van der Waals surface area contributed by atoms with Gasteiger partial charge in [-0.2, -0.15) is 0 Å². The normalized spacial score (nSPS) is 11.8. The van der Waals surface area contributed by atoms with Crippen LogP contribution in [-0.4, -0.2) is 18.5 Å². The first kappa shape index (κ1) is 25.9. The van der Waals surface area contributed by atoms with Gasteiger partial charge in [-0.15, -0.1) is 0 Å². The molecular weight excluding hydrogens is 573 g/mol. The molecule has 0 amide bonds. The van der Waals surface area contributed by atoms with Crippen LogP contribution in [0.15, 0.2) is 170 Å². The van der Waals surface area contributed by atoms with Crippen molar-refractivity contribution in [2.24, 2.45) is 0 Å². The van der Waals surface area contributed by atoms with Gasteiger partial charge in [-0.25, -0.2) is 4.98 Å². The van der Waals surface area contributed by atoms with Crippen LogP contribution in [0, 0.1) is 0 Å². The van der Waals surface area contributed by atoms with Gasteiger partial charge in [-0.1, -0.05) is 103 Å². The average Bonchev–Trinajstić information content (AvgIpc) is 3.79. The molecule has 0 bridgehead atoms. The summed E-state index contributed by atoms with van der Waals surface area (Å²) in [6.07, 6.45) is 0. The zero-order valence-electron chi connectivity index (χ0n) is 25.5. The maximum absolute atomic E-state index is 5.16. The average molecular weight is 601 g/mol. The van der Waals surface area contributed by atoms with Crippen LogP contribution >= 0.6 is 0 Å². The van der Waals surface area contributed by atoms with Crippen molar-refractivity contribution in [2.75, 3.05) is 0 Å². The summed E-state index contributed by atoms with van der Waals surface area (Å²) in [4.78, 5) is 5.16. The molecule has 0 radical (unpaired) electrons. The van der Waals surface area contributed by atoms with Gasteiger partial charge >= 0.3 is 0 Å². The SMILES string of the molecule is c1ccc(-c2cccc(-n3c4ccc(-c5ccc6c(c5)c5ccccc5n6-c5ccccc5)cc4n4c5ccccc5nc34)c2)cc1. The minimum Gasteiger partial charge on any atom is -0.309 e. The van der Waals surface area contributed by atoms with E-state index in [0.29, 0.717) is 0 Å². The van der Waals surface area contributed by atoms with E-state index in [-0.39, 0.29) is 0 Å². The summed E-state index contributed by atoms with van der Waals surface area (Å²) in [7, 11) is 0. The molecule has 7 aromatic carbocycles. The van der Waals surface area contributed by atoms with Crippen LogP contribution in [0.4, 0.5) is 0 Å². The Labute approximate surface area is 271 Å². The molecule has 0 N–H and O–H groups in total. The highest BCUT2D eigenvalue weighted by molar-refractivity contribution is 6.10. The molecule has 0 aliphatic rings. The predicted octanol–water partition coefficient (Wildman–Crippen LogP) is 10.9. The number of para-hydroxylation sites is 4. The second-order valence-electron chi connectivity index (χ2n) is 12.1. The second-order valence-corrected chi connectivity index (χ2v) is 12.1. The highest BCUT2D eigenvalue weighted by atomic mass is 15.2. The molecule has 4 heteroatoms. The van der Waals surface area contributed by atoms with Crippen molar-refractivity contribution in [1.82, 2.24) is 18.5 Å². The lowest BCUT2D eigenvalue weighted by Crippen LogP contribution is -1.95. The van der Waals surface area contributed by atoms with Gasteiger partial charge in [0, 0.05) is 22.1 Å². The van der Waals surface area contributed by atoms with E-state index in [1.165, 1.54) is 49.7 Å². The molecular formula is C43H28N4. The number of benzene rings is 7. The van der Waals surface area contributed by atoms with Gasteiger partial charge in [0.05, 0.1) is 33.1 Å². The lowest BCUT2D eigenvalue weighted by atomic mass is 10.0. The van der Waals surface area contributed by atoms with Gasteiger partial charge in [-0.3, -0.25) is 8.97 Å². The zero-order valence-corrected chi connectivity index (χ0v) is 25.5. The van der Waals surface area contributed by atoms with Crippen LogP contribution in [0.2, 0.25) is 0 Å². The minimum absolute atomic E-state index is 0.907. The third kappa shape index (κ3) is 3.92. The number of rotatable bonds is 4. The zero-order chi connectivity index (χ0) is 30.9. The van der Waals surface area contributed by atoms with Crippen LogP contribution in [0.3, 0.4) is 0 Å². The van der Waals surface area contributed by atoms with E-state index in [1.54, 1.807) is 0 Å². The Morgan fingerprint density at radius 2 is 0.957 bits per heavy atom. The lowest BCUT2D eigenvalue weighted by molar-refractivity contribution is 1.11. The molecule has 0 saturated heterocycles. The van der Waals surface area contributed by atoms with Crippen molar-refractivity contribution in [3.05, 3.63) is 170 Å². The van der Waals surface area contributed by atoms with E-state index in [4.69, 9.17) is 4.98 Å². The van der Waals surface area contributed by atoms with E-state index < -0.39 is 0 Å². The predicted molar refractivity (Wildman–Crippen MR) is 195 cm³/mol. The van der Waals surface area contributed by atoms with E-state index in [0.717, 1.165) is 33.5 Å². The fourth-order valence-electron chi connectivity index (χ4n) is 7.30. The van der Waals surface area contributed by atoms with Gasteiger partial charge < -0.3 is 4.57 Å². The van der Waals surface area contributed by atoms with Crippen LogP contribution in [-0.2, 0) is 0 Å². The Morgan fingerprint density at radius 3 is 1.81 bits per heavy atom. The fourth-order valence-corrected chi connectivity index (χ4v) is 7.30. The first-order chi connectivity index (χ1) is 23.3. The summed E-state index contributed by atoms with van der Waals surface area (Å²) in [6.45, 7) is 0. The van der Waals surface area contributed by atoms with Gasteiger partial charge in [0.2, 0.25) is 5.78 Å². The standard InChI is InChI=1S/C43H28N4/c1-3-12-29(13-4-1)30-14-11-17-34(26-30)46-41-25-23-32(28-42(41)47-40-21-10-8-19-37(40)44-43(46)47)31-22-24-39-36(27-31)35-18-7-9-20-38(35)45(39)33-15-5-2-6-16-33/h1-28H. The van der Waals surface area contributed by atoms with Gasteiger partial charge in [-0.05, 0) is 89.0 Å². The van der Waals surface area contributed by atoms with Crippen molar-refractivity contribution in [2.45, 2.75) is 0 Å². The largest absolute Gasteiger partial charge is 0.309 e. The third-order valence-corrected chi connectivity index (χ3v) is 9.43. The Kier molecular flexibility index (Phi) is 5.54. The molecule has 3 aromatic heterocycles. The summed E-state index contributed by atoms with van der Waals surface area (Å²) in [5.41, 5.74) is 13.7. The molecule has 0 atom stereocenters. The lowest BCUT2D eigenvalue weighted by Gasteiger charge is -2.10. The molecule has 47 heavy (non-hydrogen) atoms. The Hall–Kier alpha value is -6.39. The highest BCUT2D eigenvalue weighted by Crippen LogP contribution is 2.37. The van der Waals surface area contributed by atoms with E-state index >= 15 is 0 Å². The number of aromatic nitrogens is 4. The second kappa shape index (κ2) is 10.1. The Morgan fingerprint density at radius 1 is 0.340 bits per heavy atom. The van der Waals surface area contributed by atoms with E-state index in [1.807, 2.05) is 0 Å². The summed E-state index contributed by atoms with van der Waals surface area (Å²) in [5, 5.41) is 2.50. The number of imidazole rings is 2. The topological polar surface area (TPSA) is 27.2 Å². The maximum atomic E-state index is 5.16. The monoisotopic (exact) mass is 600 g/mol. The number of hydrogen-bond donors (Lipinski definition) is 0. The minimum atomic E-state index is 0.907. The van der Waals surface area contributed by atoms with Crippen molar-refractivity contribution >= 4 is 49.7 Å². The maximum Gasteiger partial charge on any atom is 0.220 e. The van der Waals surface area contributed by atoms with Gasteiger partial charge in [0.15, 0.2) is 0 Å². The van der Waals surface area contributed by atoms with E-state index in [9.17, 15) is 0 Å². The quantitative estimate of drug-likeness (QED) is 0.197. The molecule has 0 aliphatic heterocycles. The van der Waals surface area contributed by atoms with Crippen molar-refractivity contribution < 1.29 is 0 Å². The molecule has 0 unspecified atom stereocenters. The first-order valence-corrected chi connectivity index (χ1v) is 16.0. The summed E-state index contributed by atoms with van der Waals surface area (Å²) >= 11 is 0. The highest BCUT2D eigenvalue weighted by Gasteiger charge is 2.19. The van der Waals surface area contributed by atoms with Crippen molar-refractivity contribution in [3.63, 3.8) is 0 Å². The molecule has 4 nitrogen and oxygen atoms in total. The summed E-state index contributed by atoms with van der Waals surface area (Å²) < 4.78 is 6.97. The van der Waals surface area contributed by atoms with E-state index in [2.05, 4.69) is 183 Å². The molecule has 0 saturated carbocycles. The first-order valence-electron chi connectivity index (χ1n) is 16.0. The Balaban J connectivity index is 1.20. The molecule has 10 aromatic rings. The summed E-state index contributed by atoms with van der Waals surface area (Å²) in [6, 6.07) is 60.7. The molecule has 0 fully saturated rings. The van der Waals surface area contributed by atoms with Crippen molar-refractivity contribution in [1.29, 1.82) is 0 Å². The van der Waals surface area contributed by atoms with Crippen molar-refractivity contribution in [3.8, 4) is 33.6 Å². The summed E-state index contributed by atoms with van der Waals surface area (Å²) in [5.74, 6) is 0.907.